The molecule has 0 unspecified atom stereocenters. The van der Waals surface area contributed by atoms with Crippen LogP contribution in [0.1, 0.15) is 24.0 Å². The van der Waals surface area contributed by atoms with Crippen molar-refractivity contribution in [3.63, 3.8) is 0 Å². The lowest BCUT2D eigenvalue weighted by molar-refractivity contribution is 0.682. The first-order valence-electron chi connectivity index (χ1n) is 4.57. The highest BCUT2D eigenvalue weighted by Crippen LogP contribution is 2.16. The standard InChI is InChI=1S/C12H14/c1-9-7-8-11-5-3-4-6-12(11)10(9)2/h7-8H,1-6H2. The molecule has 1 aromatic carbocycles. The van der Waals surface area contributed by atoms with Crippen LogP contribution in [-0.4, -0.2) is 0 Å². The summed E-state index contributed by atoms with van der Waals surface area (Å²) in [5, 5.41) is 2.27. The number of aryl methyl sites for hydroxylation is 1. The minimum atomic E-state index is 1.09. The molecule has 0 radical (unpaired) electrons. The average Bonchev–Trinajstić information content (AvgIpc) is 2.12. The largest absolute Gasteiger partial charge is 0.0912 e. The summed E-state index contributed by atoms with van der Waals surface area (Å²) >= 11 is 0. The van der Waals surface area contributed by atoms with Gasteiger partial charge in [0.1, 0.15) is 0 Å². The molecular weight excluding hydrogens is 144 g/mol. The maximum atomic E-state index is 4.07. The quantitative estimate of drug-likeness (QED) is 0.535. The molecule has 0 bridgehead atoms. The Morgan fingerprint density at radius 3 is 2.58 bits per heavy atom. The van der Waals surface area contributed by atoms with Crippen LogP contribution in [0.2, 0.25) is 0 Å². The Labute approximate surface area is 73.2 Å². The maximum absolute atomic E-state index is 4.07. The van der Waals surface area contributed by atoms with Crippen LogP contribution < -0.4 is 10.4 Å². The van der Waals surface area contributed by atoms with Gasteiger partial charge in [-0.2, -0.15) is 0 Å². The Hall–Kier alpha value is -1.04. The van der Waals surface area contributed by atoms with E-state index >= 15 is 0 Å². The second-order valence-electron chi connectivity index (χ2n) is 3.55. The van der Waals surface area contributed by atoms with E-state index in [0.29, 0.717) is 0 Å². The molecular formula is C12H14. The molecule has 2 rings (SSSR count). The van der Waals surface area contributed by atoms with Crippen LogP contribution in [0.25, 0.3) is 13.2 Å². The van der Waals surface area contributed by atoms with Gasteiger partial charge in [0.15, 0.2) is 0 Å². The van der Waals surface area contributed by atoms with Crippen molar-refractivity contribution in [1.82, 2.24) is 0 Å². The minimum absolute atomic E-state index is 1.09. The first-order valence-corrected chi connectivity index (χ1v) is 4.57. The third kappa shape index (κ3) is 1.08. The summed E-state index contributed by atoms with van der Waals surface area (Å²) in [6.07, 6.45) is 5.09. The Balaban J connectivity index is 2.70. The predicted octanol–water partition coefficient (Wildman–Crippen LogP) is 1.39. The molecule has 0 aromatic heterocycles. The number of rotatable bonds is 0. The number of benzene rings is 1. The van der Waals surface area contributed by atoms with Gasteiger partial charge in [-0.1, -0.05) is 25.3 Å². The van der Waals surface area contributed by atoms with Crippen molar-refractivity contribution in [1.29, 1.82) is 0 Å². The van der Waals surface area contributed by atoms with Crippen LogP contribution in [0.15, 0.2) is 12.1 Å². The molecule has 0 amide bonds. The first-order chi connectivity index (χ1) is 5.79. The Morgan fingerprint density at radius 1 is 1.00 bits per heavy atom. The molecule has 0 heteroatoms. The van der Waals surface area contributed by atoms with Crippen molar-refractivity contribution in [3.8, 4) is 0 Å². The van der Waals surface area contributed by atoms with Crippen LogP contribution in [0, 0.1) is 0 Å². The van der Waals surface area contributed by atoms with Crippen molar-refractivity contribution >= 4 is 13.2 Å². The summed E-state index contributed by atoms with van der Waals surface area (Å²) < 4.78 is 0. The molecule has 0 spiro atoms. The van der Waals surface area contributed by atoms with Gasteiger partial charge in [0.25, 0.3) is 0 Å². The van der Waals surface area contributed by atoms with E-state index in [1.54, 1.807) is 0 Å². The molecule has 0 saturated heterocycles. The van der Waals surface area contributed by atoms with Gasteiger partial charge in [0.05, 0.1) is 0 Å². The zero-order valence-corrected chi connectivity index (χ0v) is 7.40. The molecule has 0 heterocycles. The summed E-state index contributed by atoms with van der Waals surface area (Å²) in [4.78, 5) is 0. The number of fused-ring (bicyclic) bond motifs is 1. The molecule has 0 fully saturated rings. The highest BCUT2D eigenvalue weighted by Gasteiger charge is 2.08. The van der Waals surface area contributed by atoms with Crippen molar-refractivity contribution in [3.05, 3.63) is 33.7 Å². The van der Waals surface area contributed by atoms with E-state index in [0.717, 1.165) is 5.22 Å². The summed E-state index contributed by atoms with van der Waals surface area (Å²) in [6, 6.07) is 4.30. The number of hydrogen-bond acceptors (Lipinski definition) is 0. The van der Waals surface area contributed by atoms with Gasteiger partial charge < -0.3 is 0 Å². The highest BCUT2D eigenvalue weighted by molar-refractivity contribution is 5.34. The van der Waals surface area contributed by atoms with Crippen LogP contribution in [0.3, 0.4) is 0 Å². The third-order valence-electron chi connectivity index (χ3n) is 2.75. The highest BCUT2D eigenvalue weighted by atomic mass is 14.1. The lowest BCUT2D eigenvalue weighted by Crippen LogP contribution is -2.28. The average molecular weight is 158 g/mol. The Kier molecular flexibility index (Phi) is 1.76. The Bertz CT molecular complexity index is 387. The second kappa shape index (κ2) is 2.78. The van der Waals surface area contributed by atoms with E-state index in [1.165, 1.54) is 42.0 Å². The molecule has 0 saturated carbocycles. The van der Waals surface area contributed by atoms with E-state index < -0.39 is 0 Å². The molecule has 1 aliphatic carbocycles. The first kappa shape index (κ1) is 7.60. The van der Waals surface area contributed by atoms with Crippen molar-refractivity contribution in [2.75, 3.05) is 0 Å². The fourth-order valence-corrected chi connectivity index (χ4v) is 1.95. The van der Waals surface area contributed by atoms with Gasteiger partial charge in [0.2, 0.25) is 0 Å². The summed E-state index contributed by atoms with van der Waals surface area (Å²) in [6.45, 7) is 8.04. The normalized spacial score (nSPS) is 15.7. The Morgan fingerprint density at radius 2 is 1.75 bits per heavy atom. The molecule has 0 aliphatic heterocycles. The molecule has 62 valence electrons. The van der Waals surface area contributed by atoms with Gasteiger partial charge in [0, 0.05) is 0 Å². The molecule has 1 aliphatic rings. The molecule has 0 nitrogen and oxygen atoms in total. The molecule has 0 atom stereocenters. The maximum Gasteiger partial charge on any atom is -0.0227 e. The smallest absolute Gasteiger partial charge is 0.0227 e. The molecule has 12 heavy (non-hydrogen) atoms. The zero-order chi connectivity index (χ0) is 8.55. The predicted molar refractivity (Wildman–Crippen MR) is 53.4 cm³/mol. The van der Waals surface area contributed by atoms with Crippen LogP contribution >= 0.6 is 0 Å². The fraction of sp³-hybridized carbons (Fsp3) is 0.333. The van der Waals surface area contributed by atoms with Gasteiger partial charge >= 0.3 is 0 Å². The second-order valence-corrected chi connectivity index (χ2v) is 3.55. The van der Waals surface area contributed by atoms with E-state index in [4.69, 9.17) is 0 Å². The van der Waals surface area contributed by atoms with E-state index in [9.17, 15) is 0 Å². The topological polar surface area (TPSA) is 0 Å². The lowest BCUT2D eigenvalue weighted by Gasteiger charge is -2.15. The van der Waals surface area contributed by atoms with E-state index in [-0.39, 0.29) is 0 Å². The minimum Gasteiger partial charge on any atom is -0.0912 e. The summed E-state index contributed by atoms with van der Waals surface area (Å²) in [7, 11) is 0. The van der Waals surface area contributed by atoms with E-state index in [2.05, 4.69) is 25.3 Å². The molecule has 1 aromatic rings. The fourth-order valence-electron chi connectivity index (χ4n) is 1.95. The third-order valence-corrected chi connectivity index (χ3v) is 2.75. The van der Waals surface area contributed by atoms with Gasteiger partial charge in [-0.3, -0.25) is 0 Å². The monoisotopic (exact) mass is 158 g/mol. The van der Waals surface area contributed by atoms with Crippen molar-refractivity contribution in [2.24, 2.45) is 0 Å². The number of hydrogen-bond donors (Lipinski definition) is 0. The van der Waals surface area contributed by atoms with Crippen molar-refractivity contribution < 1.29 is 0 Å². The zero-order valence-electron chi connectivity index (χ0n) is 7.40. The SMILES string of the molecule is C=c1ccc2c(c1=C)CCCC2. The summed E-state index contributed by atoms with van der Waals surface area (Å²) in [5.41, 5.74) is 2.97. The molecule has 0 N–H and O–H groups in total. The van der Waals surface area contributed by atoms with Gasteiger partial charge in [-0.15, -0.1) is 0 Å². The van der Waals surface area contributed by atoms with Crippen LogP contribution in [0.4, 0.5) is 0 Å². The van der Waals surface area contributed by atoms with Crippen LogP contribution in [-0.2, 0) is 12.8 Å². The van der Waals surface area contributed by atoms with Gasteiger partial charge in [-0.25, -0.2) is 0 Å². The van der Waals surface area contributed by atoms with E-state index in [1.807, 2.05) is 0 Å². The van der Waals surface area contributed by atoms with Gasteiger partial charge in [-0.05, 0) is 47.2 Å². The lowest BCUT2D eigenvalue weighted by atomic mass is 9.90. The van der Waals surface area contributed by atoms with Crippen LogP contribution in [0.5, 0.6) is 0 Å². The van der Waals surface area contributed by atoms with Crippen molar-refractivity contribution in [2.45, 2.75) is 25.7 Å². The summed E-state index contributed by atoms with van der Waals surface area (Å²) in [5.74, 6) is 0.